The summed E-state index contributed by atoms with van der Waals surface area (Å²) in [6, 6.07) is 5.36. The second-order valence-corrected chi connectivity index (χ2v) is 6.21. The summed E-state index contributed by atoms with van der Waals surface area (Å²) in [6.07, 6.45) is 1.08. The lowest BCUT2D eigenvalue weighted by molar-refractivity contribution is -0.131. The minimum Gasteiger partial charge on any atom is -0.340 e. The van der Waals surface area contributed by atoms with Crippen molar-refractivity contribution in [3.05, 3.63) is 33.8 Å². The first-order chi connectivity index (χ1) is 10.1. The number of halogens is 2. The molecule has 0 unspecified atom stereocenters. The Kier molecular flexibility index (Phi) is 6.30. The van der Waals surface area contributed by atoms with E-state index in [0.29, 0.717) is 23.1 Å². The summed E-state index contributed by atoms with van der Waals surface area (Å²) >= 11 is 12.0. The Morgan fingerprint density at radius 1 is 1.33 bits per heavy atom. The van der Waals surface area contributed by atoms with Crippen LogP contribution >= 0.6 is 23.2 Å². The Labute approximate surface area is 136 Å². The van der Waals surface area contributed by atoms with E-state index in [4.69, 9.17) is 23.2 Å². The van der Waals surface area contributed by atoms with Crippen molar-refractivity contribution in [1.29, 1.82) is 0 Å². The van der Waals surface area contributed by atoms with Gasteiger partial charge in [-0.1, -0.05) is 29.3 Å². The van der Waals surface area contributed by atoms with Crippen LogP contribution in [0, 0.1) is 0 Å². The third-order valence-electron chi connectivity index (χ3n) is 3.64. The van der Waals surface area contributed by atoms with Crippen LogP contribution in [0.4, 0.5) is 0 Å². The van der Waals surface area contributed by atoms with Gasteiger partial charge in [-0.25, -0.2) is 0 Å². The maximum atomic E-state index is 12.3. The molecule has 21 heavy (non-hydrogen) atoms. The van der Waals surface area contributed by atoms with Crippen LogP contribution in [0.2, 0.25) is 10.0 Å². The van der Waals surface area contributed by atoms with Crippen molar-refractivity contribution >= 4 is 29.1 Å². The first-order valence-corrected chi connectivity index (χ1v) is 7.93. The molecule has 0 spiro atoms. The number of nitrogens with zero attached hydrogens (tertiary/aromatic N) is 2. The molecule has 0 atom stereocenters. The molecule has 2 rings (SSSR count). The number of rotatable bonds is 4. The van der Waals surface area contributed by atoms with E-state index >= 15 is 0 Å². The molecule has 6 heteroatoms. The highest BCUT2D eigenvalue weighted by Gasteiger charge is 2.16. The Bertz CT molecular complexity index is 488. The Morgan fingerprint density at radius 2 is 2.14 bits per heavy atom. The average molecular weight is 330 g/mol. The molecule has 116 valence electrons. The van der Waals surface area contributed by atoms with Crippen molar-refractivity contribution in [3.8, 4) is 0 Å². The van der Waals surface area contributed by atoms with Crippen molar-refractivity contribution in [2.24, 2.45) is 0 Å². The number of hydrogen-bond donors (Lipinski definition) is 1. The molecule has 1 N–H and O–H groups in total. The SMILES string of the molecule is CN(Cc1ccc(Cl)cc1Cl)C(=O)CN1CCCNCC1. The van der Waals surface area contributed by atoms with Gasteiger partial charge in [0.15, 0.2) is 0 Å². The average Bonchev–Trinajstić information content (AvgIpc) is 2.70. The van der Waals surface area contributed by atoms with E-state index in [1.807, 2.05) is 13.1 Å². The standard InChI is InChI=1S/C15H21Cl2N3O/c1-19(10-12-3-4-13(16)9-14(12)17)15(21)11-20-7-2-5-18-6-8-20/h3-4,9,18H,2,5-8,10-11H2,1H3. The third kappa shape index (κ3) is 5.15. The maximum absolute atomic E-state index is 12.3. The number of likely N-dealkylation sites (N-methyl/N-ethyl adjacent to an activating group) is 1. The summed E-state index contributed by atoms with van der Waals surface area (Å²) in [5, 5.41) is 4.54. The van der Waals surface area contributed by atoms with Crippen LogP contribution in [-0.2, 0) is 11.3 Å². The van der Waals surface area contributed by atoms with Gasteiger partial charge in [0, 0.05) is 36.7 Å². The molecule has 0 bridgehead atoms. The number of amides is 1. The summed E-state index contributed by atoms with van der Waals surface area (Å²) < 4.78 is 0. The van der Waals surface area contributed by atoms with E-state index in [0.717, 1.165) is 38.2 Å². The summed E-state index contributed by atoms with van der Waals surface area (Å²) in [4.78, 5) is 16.2. The van der Waals surface area contributed by atoms with Gasteiger partial charge in [0.25, 0.3) is 0 Å². The van der Waals surface area contributed by atoms with Gasteiger partial charge < -0.3 is 10.2 Å². The highest BCUT2D eigenvalue weighted by molar-refractivity contribution is 6.35. The Balaban J connectivity index is 1.89. The lowest BCUT2D eigenvalue weighted by Gasteiger charge is -2.24. The molecule has 1 heterocycles. The van der Waals surface area contributed by atoms with Crippen molar-refractivity contribution in [2.45, 2.75) is 13.0 Å². The van der Waals surface area contributed by atoms with E-state index in [9.17, 15) is 4.79 Å². The molecule has 1 aliphatic heterocycles. The molecule has 0 saturated carbocycles. The van der Waals surface area contributed by atoms with E-state index in [2.05, 4.69) is 10.2 Å². The molecule has 0 radical (unpaired) electrons. The number of hydrogen-bond acceptors (Lipinski definition) is 3. The highest BCUT2D eigenvalue weighted by Crippen LogP contribution is 2.22. The quantitative estimate of drug-likeness (QED) is 0.920. The number of carbonyl (C=O) groups excluding carboxylic acids is 1. The number of nitrogens with one attached hydrogen (secondary N) is 1. The van der Waals surface area contributed by atoms with E-state index in [1.54, 1.807) is 17.0 Å². The van der Waals surface area contributed by atoms with Crippen LogP contribution in [0.25, 0.3) is 0 Å². The zero-order chi connectivity index (χ0) is 15.2. The predicted octanol–water partition coefficient (Wildman–Crippen LogP) is 2.25. The lowest BCUT2D eigenvalue weighted by Crippen LogP contribution is -2.39. The summed E-state index contributed by atoms with van der Waals surface area (Å²) in [6.45, 7) is 4.82. The highest BCUT2D eigenvalue weighted by atomic mass is 35.5. The fraction of sp³-hybridized carbons (Fsp3) is 0.533. The van der Waals surface area contributed by atoms with Crippen LogP contribution < -0.4 is 5.32 Å². The zero-order valence-electron chi connectivity index (χ0n) is 12.2. The molecule has 1 saturated heterocycles. The minimum atomic E-state index is 0.114. The summed E-state index contributed by atoms with van der Waals surface area (Å²) in [7, 11) is 1.81. The molecule has 1 amide bonds. The van der Waals surface area contributed by atoms with Crippen molar-refractivity contribution in [3.63, 3.8) is 0 Å². The van der Waals surface area contributed by atoms with Gasteiger partial charge in [0.05, 0.1) is 6.54 Å². The molecule has 1 aromatic rings. The summed E-state index contributed by atoms with van der Waals surface area (Å²) in [5.41, 5.74) is 0.912. The molecule has 1 aliphatic rings. The number of carbonyl (C=O) groups is 1. The van der Waals surface area contributed by atoms with Crippen LogP contribution in [0.5, 0.6) is 0 Å². The smallest absolute Gasteiger partial charge is 0.236 e. The third-order valence-corrected chi connectivity index (χ3v) is 4.23. The summed E-state index contributed by atoms with van der Waals surface area (Å²) in [5.74, 6) is 0.114. The molecular weight excluding hydrogens is 309 g/mol. The van der Waals surface area contributed by atoms with Crippen LogP contribution in [0.3, 0.4) is 0 Å². The zero-order valence-corrected chi connectivity index (χ0v) is 13.8. The number of benzene rings is 1. The monoisotopic (exact) mass is 329 g/mol. The molecule has 0 aromatic heterocycles. The van der Waals surface area contributed by atoms with Gasteiger partial charge in [-0.2, -0.15) is 0 Å². The van der Waals surface area contributed by atoms with E-state index in [1.165, 1.54) is 0 Å². The lowest BCUT2D eigenvalue weighted by atomic mass is 10.2. The van der Waals surface area contributed by atoms with Gasteiger partial charge in [-0.15, -0.1) is 0 Å². The first kappa shape index (κ1) is 16.6. The predicted molar refractivity (Wildman–Crippen MR) is 86.9 cm³/mol. The normalized spacial score (nSPS) is 16.5. The van der Waals surface area contributed by atoms with E-state index in [-0.39, 0.29) is 5.91 Å². The van der Waals surface area contributed by atoms with Gasteiger partial charge in [0.2, 0.25) is 5.91 Å². The molecule has 0 aliphatic carbocycles. The fourth-order valence-corrected chi connectivity index (χ4v) is 2.83. The van der Waals surface area contributed by atoms with E-state index < -0.39 is 0 Å². The van der Waals surface area contributed by atoms with Crippen molar-refractivity contribution < 1.29 is 4.79 Å². The molecule has 1 aromatic carbocycles. The van der Waals surface area contributed by atoms with Crippen molar-refractivity contribution in [1.82, 2.24) is 15.1 Å². The van der Waals surface area contributed by atoms with Gasteiger partial charge in [0.1, 0.15) is 0 Å². The van der Waals surface area contributed by atoms with Gasteiger partial charge in [-0.3, -0.25) is 9.69 Å². The topological polar surface area (TPSA) is 35.6 Å². The second kappa shape index (κ2) is 7.99. The fourth-order valence-electron chi connectivity index (χ4n) is 2.37. The van der Waals surface area contributed by atoms with Crippen molar-refractivity contribution in [2.75, 3.05) is 39.8 Å². The van der Waals surface area contributed by atoms with Gasteiger partial charge >= 0.3 is 0 Å². The molecular formula is C15H21Cl2N3O. The Morgan fingerprint density at radius 3 is 2.90 bits per heavy atom. The minimum absolute atomic E-state index is 0.114. The second-order valence-electron chi connectivity index (χ2n) is 5.37. The van der Waals surface area contributed by atoms with Crippen LogP contribution in [0.15, 0.2) is 18.2 Å². The maximum Gasteiger partial charge on any atom is 0.236 e. The largest absolute Gasteiger partial charge is 0.340 e. The molecule has 4 nitrogen and oxygen atoms in total. The van der Waals surface area contributed by atoms with Crippen LogP contribution in [-0.4, -0.2) is 55.5 Å². The van der Waals surface area contributed by atoms with Gasteiger partial charge in [-0.05, 0) is 37.2 Å². The first-order valence-electron chi connectivity index (χ1n) is 7.17. The molecule has 1 fully saturated rings. The Hall–Kier alpha value is -0.810. The van der Waals surface area contributed by atoms with Crippen LogP contribution in [0.1, 0.15) is 12.0 Å².